The Kier molecular flexibility index (Phi) is 11.4. The van der Waals surface area contributed by atoms with Crippen LogP contribution >= 0.6 is 0 Å². The number of benzene rings is 1. The Labute approximate surface area is 184 Å². The van der Waals surface area contributed by atoms with E-state index in [2.05, 4.69) is 32.5 Å². The minimum Gasteiger partial charge on any atom is -0.493 e. The number of aliphatic imine (C=N–C) groups is 1. The highest BCUT2D eigenvalue weighted by Crippen LogP contribution is 2.27. The molecule has 0 radical (unpaired) electrons. The Hall–Kier alpha value is -2.13. The van der Waals surface area contributed by atoms with Gasteiger partial charge < -0.3 is 29.9 Å². The van der Waals surface area contributed by atoms with Crippen molar-refractivity contribution in [3.05, 3.63) is 23.8 Å². The van der Waals surface area contributed by atoms with Gasteiger partial charge in [-0.05, 0) is 52.0 Å². The summed E-state index contributed by atoms with van der Waals surface area (Å²) in [5, 5.41) is 6.55. The fourth-order valence-electron chi connectivity index (χ4n) is 3.34. The number of alkyl halides is 2. The first-order valence-corrected chi connectivity index (χ1v) is 11.2. The minimum absolute atomic E-state index is 0.0943. The van der Waals surface area contributed by atoms with E-state index in [1.807, 2.05) is 13.8 Å². The predicted octanol–water partition coefficient (Wildman–Crippen LogP) is 2.77. The van der Waals surface area contributed by atoms with Crippen molar-refractivity contribution >= 4 is 5.96 Å². The molecule has 0 spiro atoms. The quantitative estimate of drug-likeness (QED) is 0.407. The average Bonchev–Trinajstić information content (AvgIpc) is 2.95. The Morgan fingerprint density at radius 2 is 2.00 bits per heavy atom. The molecule has 0 saturated carbocycles. The molecule has 0 aliphatic carbocycles. The standard InChI is InChI=1S/C22H37F2N5O2/c1-4-15-30-19-8-7-18(20(16-19)31-21(23)24)17-27-22(25-5-2)26-9-12-29-11-6-10-28(3)13-14-29/h7-8,16,21H,4-6,9-15,17H2,1-3H3,(H2,25,26,27). The van der Waals surface area contributed by atoms with Gasteiger partial charge in [-0.1, -0.05) is 6.92 Å². The SMILES string of the molecule is CCCOc1ccc(CN=C(NCC)NCCN2CCCN(C)CC2)c(OC(F)F)c1. The summed E-state index contributed by atoms with van der Waals surface area (Å²) in [5.41, 5.74) is 0.580. The summed E-state index contributed by atoms with van der Waals surface area (Å²) in [4.78, 5) is 9.36. The highest BCUT2D eigenvalue weighted by atomic mass is 19.3. The number of nitrogens with zero attached hydrogens (tertiary/aromatic N) is 3. The normalized spacial score (nSPS) is 16.3. The first-order valence-electron chi connectivity index (χ1n) is 11.2. The van der Waals surface area contributed by atoms with Gasteiger partial charge in [-0.15, -0.1) is 0 Å². The van der Waals surface area contributed by atoms with Crippen molar-refractivity contribution in [1.29, 1.82) is 0 Å². The molecule has 9 heteroatoms. The molecule has 31 heavy (non-hydrogen) atoms. The van der Waals surface area contributed by atoms with Crippen LogP contribution in [-0.2, 0) is 6.54 Å². The molecule has 2 rings (SSSR count). The van der Waals surface area contributed by atoms with Crippen LogP contribution in [0.3, 0.4) is 0 Å². The number of ether oxygens (including phenoxy) is 2. The van der Waals surface area contributed by atoms with E-state index in [4.69, 9.17) is 9.47 Å². The molecule has 0 bridgehead atoms. The van der Waals surface area contributed by atoms with Crippen molar-refractivity contribution in [1.82, 2.24) is 20.4 Å². The highest BCUT2D eigenvalue weighted by Gasteiger charge is 2.13. The second kappa shape index (κ2) is 14.0. The molecule has 1 aliphatic heterocycles. The first-order chi connectivity index (χ1) is 15.0. The molecule has 1 saturated heterocycles. The monoisotopic (exact) mass is 441 g/mol. The van der Waals surface area contributed by atoms with Gasteiger partial charge in [0.05, 0.1) is 13.2 Å². The number of guanidine groups is 1. The van der Waals surface area contributed by atoms with Crippen LogP contribution in [0.5, 0.6) is 11.5 Å². The molecule has 0 unspecified atom stereocenters. The van der Waals surface area contributed by atoms with Crippen LogP contribution in [0.25, 0.3) is 0 Å². The number of halogens is 2. The van der Waals surface area contributed by atoms with Crippen LogP contribution < -0.4 is 20.1 Å². The molecular formula is C22H37F2N5O2. The van der Waals surface area contributed by atoms with E-state index in [1.165, 1.54) is 12.5 Å². The van der Waals surface area contributed by atoms with Crippen LogP contribution in [0.1, 0.15) is 32.3 Å². The molecular weight excluding hydrogens is 404 g/mol. The lowest BCUT2D eigenvalue weighted by Gasteiger charge is -2.21. The van der Waals surface area contributed by atoms with Gasteiger partial charge in [0.15, 0.2) is 5.96 Å². The second-order valence-electron chi connectivity index (χ2n) is 7.62. The third-order valence-corrected chi connectivity index (χ3v) is 5.01. The van der Waals surface area contributed by atoms with Crippen molar-refractivity contribution in [3.8, 4) is 11.5 Å². The maximum Gasteiger partial charge on any atom is 0.387 e. The molecule has 1 fully saturated rings. The maximum atomic E-state index is 12.9. The van der Waals surface area contributed by atoms with Gasteiger partial charge in [-0.3, -0.25) is 0 Å². The summed E-state index contributed by atoms with van der Waals surface area (Å²) in [6.07, 6.45) is 2.01. The van der Waals surface area contributed by atoms with Crippen LogP contribution in [0.4, 0.5) is 8.78 Å². The van der Waals surface area contributed by atoms with Crippen molar-refractivity contribution in [3.63, 3.8) is 0 Å². The first kappa shape index (κ1) is 25.1. The third-order valence-electron chi connectivity index (χ3n) is 5.01. The van der Waals surface area contributed by atoms with Gasteiger partial charge >= 0.3 is 6.61 Å². The summed E-state index contributed by atoms with van der Waals surface area (Å²) in [7, 11) is 2.16. The van der Waals surface area contributed by atoms with E-state index in [1.54, 1.807) is 12.1 Å². The van der Waals surface area contributed by atoms with Crippen molar-refractivity contribution in [2.24, 2.45) is 4.99 Å². The van der Waals surface area contributed by atoms with Gasteiger partial charge in [0.2, 0.25) is 0 Å². The Morgan fingerprint density at radius 1 is 1.16 bits per heavy atom. The van der Waals surface area contributed by atoms with Gasteiger partial charge in [0.25, 0.3) is 0 Å². The van der Waals surface area contributed by atoms with Gasteiger partial charge in [0.1, 0.15) is 11.5 Å². The van der Waals surface area contributed by atoms with Crippen LogP contribution in [0.2, 0.25) is 0 Å². The van der Waals surface area contributed by atoms with E-state index in [-0.39, 0.29) is 12.3 Å². The fourth-order valence-corrected chi connectivity index (χ4v) is 3.34. The zero-order valence-electron chi connectivity index (χ0n) is 19.0. The van der Waals surface area contributed by atoms with Crippen molar-refractivity contribution in [2.75, 3.05) is 59.5 Å². The average molecular weight is 442 g/mol. The van der Waals surface area contributed by atoms with Gasteiger partial charge in [-0.2, -0.15) is 8.78 Å². The van der Waals surface area contributed by atoms with E-state index >= 15 is 0 Å². The van der Waals surface area contributed by atoms with Gasteiger partial charge in [0, 0.05) is 44.4 Å². The Morgan fingerprint density at radius 3 is 2.74 bits per heavy atom. The molecule has 1 aromatic rings. The van der Waals surface area contributed by atoms with E-state index in [0.29, 0.717) is 30.4 Å². The molecule has 1 heterocycles. The van der Waals surface area contributed by atoms with Crippen LogP contribution in [0.15, 0.2) is 23.2 Å². The zero-order valence-corrected chi connectivity index (χ0v) is 19.0. The number of likely N-dealkylation sites (N-methyl/N-ethyl adjacent to an activating group) is 1. The smallest absolute Gasteiger partial charge is 0.387 e. The van der Waals surface area contributed by atoms with Crippen molar-refractivity contribution in [2.45, 2.75) is 39.8 Å². The molecule has 0 aromatic heterocycles. The Bertz CT molecular complexity index is 675. The van der Waals surface area contributed by atoms with E-state index in [0.717, 1.165) is 45.7 Å². The lowest BCUT2D eigenvalue weighted by Crippen LogP contribution is -2.42. The zero-order chi connectivity index (χ0) is 22.5. The predicted molar refractivity (Wildman–Crippen MR) is 120 cm³/mol. The summed E-state index contributed by atoms with van der Waals surface area (Å²) in [5.74, 6) is 1.26. The summed E-state index contributed by atoms with van der Waals surface area (Å²) >= 11 is 0. The maximum absolute atomic E-state index is 12.9. The highest BCUT2D eigenvalue weighted by molar-refractivity contribution is 5.79. The Balaban J connectivity index is 1.96. The largest absolute Gasteiger partial charge is 0.493 e. The van der Waals surface area contributed by atoms with E-state index in [9.17, 15) is 8.78 Å². The molecule has 2 N–H and O–H groups in total. The lowest BCUT2D eigenvalue weighted by atomic mass is 10.2. The number of rotatable bonds is 11. The summed E-state index contributed by atoms with van der Waals surface area (Å²) < 4.78 is 36.0. The number of hydrogen-bond acceptors (Lipinski definition) is 5. The van der Waals surface area contributed by atoms with Crippen LogP contribution in [0, 0.1) is 0 Å². The van der Waals surface area contributed by atoms with Crippen LogP contribution in [-0.4, -0.2) is 81.8 Å². The summed E-state index contributed by atoms with van der Waals surface area (Å²) in [6.45, 7) is 8.61. The molecule has 1 aromatic carbocycles. The molecule has 0 amide bonds. The molecule has 176 valence electrons. The fraction of sp³-hybridized carbons (Fsp3) is 0.682. The summed E-state index contributed by atoms with van der Waals surface area (Å²) in [6, 6.07) is 4.99. The van der Waals surface area contributed by atoms with Gasteiger partial charge in [-0.25, -0.2) is 4.99 Å². The molecule has 7 nitrogen and oxygen atoms in total. The second-order valence-corrected chi connectivity index (χ2v) is 7.62. The molecule has 1 aliphatic rings. The third kappa shape index (κ3) is 9.69. The van der Waals surface area contributed by atoms with Crippen molar-refractivity contribution < 1.29 is 18.3 Å². The minimum atomic E-state index is -2.90. The molecule has 0 atom stereocenters. The number of nitrogens with one attached hydrogen (secondary N) is 2. The van der Waals surface area contributed by atoms with E-state index < -0.39 is 6.61 Å². The number of hydrogen-bond donors (Lipinski definition) is 2. The topological polar surface area (TPSA) is 61.4 Å². The lowest BCUT2D eigenvalue weighted by molar-refractivity contribution is -0.0505.